The Bertz CT molecular complexity index is 2700. The summed E-state index contributed by atoms with van der Waals surface area (Å²) in [5.74, 6) is 0. The summed E-state index contributed by atoms with van der Waals surface area (Å²) in [4.78, 5) is 6.18. The van der Waals surface area contributed by atoms with E-state index in [1.165, 1.54) is 0 Å². The molecule has 0 fully saturated rings. The fourth-order valence-corrected chi connectivity index (χ4v) is 6.80. The first-order chi connectivity index (χ1) is 27.7. The Hall–Kier alpha value is -7.84. The van der Waals surface area contributed by atoms with Crippen LogP contribution in [0.3, 0.4) is 0 Å². The van der Waals surface area contributed by atoms with Crippen LogP contribution in [0.5, 0.6) is 0 Å². The molecule has 1 aliphatic rings. The molecule has 0 saturated heterocycles. The first-order valence-electron chi connectivity index (χ1n) is 18.4. The molecule has 0 unspecified atom stereocenters. The van der Waals surface area contributed by atoms with E-state index in [0.29, 0.717) is 11.4 Å². The van der Waals surface area contributed by atoms with Crippen LogP contribution in [0, 0.1) is 5.41 Å². The van der Waals surface area contributed by atoms with Gasteiger partial charge in [0, 0.05) is 34.1 Å². The summed E-state index contributed by atoms with van der Waals surface area (Å²) in [5, 5.41) is 22.1. The molecule has 0 aliphatic heterocycles. The lowest BCUT2D eigenvalue weighted by atomic mass is 10.0. The molecule has 1 aromatic heterocycles. The number of benzene rings is 7. The molecule has 268 valence electrons. The zero-order chi connectivity index (χ0) is 37.7. The van der Waals surface area contributed by atoms with Crippen molar-refractivity contribution in [3.63, 3.8) is 0 Å². The molecular weight excluding hydrogens is 689 g/mol. The Kier molecular flexibility index (Phi) is 9.25. The molecule has 0 saturated carbocycles. The molecule has 1 heterocycles. The Balaban J connectivity index is 1.00. The van der Waals surface area contributed by atoms with Gasteiger partial charge in [0.25, 0.3) is 0 Å². The summed E-state index contributed by atoms with van der Waals surface area (Å²) >= 11 is 0. The molecule has 1 aliphatic carbocycles. The highest BCUT2D eigenvalue weighted by atomic mass is 15.5. The van der Waals surface area contributed by atoms with E-state index < -0.39 is 0 Å². The van der Waals surface area contributed by atoms with Gasteiger partial charge in [-0.2, -0.15) is 9.90 Å². The third-order valence-corrected chi connectivity index (χ3v) is 9.53. The number of para-hydroxylation sites is 2. The summed E-state index contributed by atoms with van der Waals surface area (Å²) in [5.41, 5.74) is 15.9. The van der Waals surface area contributed by atoms with E-state index in [-0.39, 0.29) is 0 Å². The smallest absolute Gasteiger partial charge is 0.113 e. The van der Waals surface area contributed by atoms with Gasteiger partial charge in [-0.25, -0.2) is 0 Å². The molecule has 7 aromatic carbocycles. The van der Waals surface area contributed by atoms with E-state index in [9.17, 15) is 0 Å². The number of aromatic nitrogens is 3. The number of hydrazone groups is 1. The molecular formula is C48H36N8. The average Bonchev–Trinajstić information content (AvgIpc) is 3.70. The normalized spacial score (nSPS) is 12.9. The SMILES string of the molecule is N=C1C=CC=C/C1=N/Nc1cccc(N(c2ccccc2)c2ccc(-c3ccc(N(c4ccccc4)c4cccc(-n5nc6ccccc6n5)c4)cc3)cc2)c1. The minimum Gasteiger partial charge on any atom is -0.310 e. The Morgan fingerprint density at radius 1 is 0.464 bits per heavy atom. The fourth-order valence-electron chi connectivity index (χ4n) is 6.80. The average molecular weight is 725 g/mol. The first-order valence-corrected chi connectivity index (χ1v) is 18.4. The highest BCUT2D eigenvalue weighted by Crippen LogP contribution is 2.39. The maximum absolute atomic E-state index is 8.15. The van der Waals surface area contributed by atoms with Gasteiger partial charge in [0.1, 0.15) is 16.7 Å². The van der Waals surface area contributed by atoms with Crippen molar-refractivity contribution in [3.8, 4) is 16.8 Å². The fraction of sp³-hybridized carbons (Fsp3) is 0. The maximum atomic E-state index is 8.15. The summed E-state index contributed by atoms with van der Waals surface area (Å²) in [7, 11) is 0. The topological polar surface area (TPSA) is 85.4 Å². The van der Waals surface area contributed by atoms with Crippen LogP contribution in [0.1, 0.15) is 0 Å². The number of rotatable bonds is 10. The van der Waals surface area contributed by atoms with Gasteiger partial charge in [0.15, 0.2) is 0 Å². The summed E-state index contributed by atoms with van der Waals surface area (Å²) < 4.78 is 0. The predicted octanol–water partition coefficient (Wildman–Crippen LogP) is 11.9. The van der Waals surface area contributed by atoms with E-state index in [2.05, 4.69) is 130 Å². The number of nitrogens with zero attached hydrogens (tertiary/aromatic N) is 6. The Morgan fingerprint density at radius 3 is 1.52 bits per heavy atom. The zero-order valence-corrected chi connectivity index (χ0v) is 30.3. The van der Waals surface area contributed by atoms with Gasteiger partial charge in [-0.15, -0.1) is 10.2 Å². The number of hydrogen-bond acceptors (Lipinski definition) is 7. The molecule has 8 heteroatoms. The number of fused-ring (bicyclic) bond motifs is 1. The minimum absolute atomic E-state index is 0.369. The van der Waals surface area contributed by atoms with Gasteiger partial charge in [-0.3, -0.25) is 10.8 Å². The van der Waals surface area contributed by atoms with Crippen molar-refractivity contribution in [2.24, 2.45) is 5.10 Å². The van der Waals surface area contributed by atoms with E-state index in [1.807, 2.05) is 91.0 Å². The largest absolute Gasteiger partial charge is 0.310 e. The van der Waals surface area contributed by atoms with Crippen LogP contribution in [-0.2, 0) is 0 Å². The van der Waals surface area contributed by atoms with Crippen molar-refractivity contribution >= 4 is 62.3 Å². The van der Waals surface area contributed by atoms with Gasteiger partial charge >= 0.3 is 0 Å². The third kappa shape index (κ3) is 7.10. The van der Waals surface area contributed by atoms with Crippen LogP contribution in [0.15, 0.2) is 211 Å². The lowest BCUT2D eigenvalue weighted by Gasteiger charge is -2.26. The van der Waals surface area contributed by atoms with Gasteiger partial charge in [-0.05, 0) is 120 Å². The van der Waals surface area contributed by atoms with Crippen molar-refractivity contribution in [1.29, 1.82) is 5.41 Å². The second kappa shape index (κ2) is 15.3. The van der Waals surface area contributed by atoms with Crippen LogP contribution in [0.4, 0.5) is 39.8 Å². The third-order valence-electron chi connectivity index (χ3n) is 9.53. The van der Waals surface area contributed by atoms with Crippen LogP contribution < -0.4 is 15.2 Å². The lowest BCUT2D eigenvalue weighted by molar-refractivity contribution is 0.765. The number of allylic oxidation sites excluding steroid dienone is 4. The molecule has 8 nitrogen and oxygen atoms in total. The zero-order valence-electron chi connectivity index (χ0n) is 30.3. The molecule has 0 spiro atoms. The number of nitrogens with one attached hydrogen (secondary N) is 2. The van der Waals surface area contributed by atoms with Gasteiger partial charge in [-0.1, -0.05) is 97.1 Å². The minimum atomic E-state index is 0.369. The first kappa shape index (κ1) is 34.0. The monoisotopic (exact) mass is 724 g/mol. The van der Waals surface area contributed by atoms with E-state index >= 15 is 0 Å². The van der Waals surface area contributed by atoms with Crippen LogP contribution in [0.2, 0.25) is 0 Å². The molecule has 0 atom stereocenters. The van der Waals surface area contributed by atoms with Gasteiger partial charge in [0.05, 0.1) is 17.1 Å². The van der Waals surface area contributed by atoms with E-state index in [0.717, 1.165) is 67.7 Å². The summed E-state index contributed by atoms with van der Waals surface area (Å²) in [6.45, 7) is 0. The van der Waals surface area contributed by atoms with Crippen LogP contribution in [0.25, 0.3) is 27.8 Å². The highest BCUT2D eigenvalue weighted by molar-refractivity contribution is 6.50. The summed E-state index contributed by atoms with van der Waals surface area (Å²) in [6, 6.07) is 62.4. The van der Waals surface area contributed by atoms with E-state index in [1.54, 1.807) is 10.9 Å². The number of anilines is 7. The maximum Gasteiger partial charge on any atom is 0.113 e. The Labute approximate surface area is 325 Å². The van der Waals surface area contributed by atoms with E-state index in [4.69, 9.17) is 15.6 Å². The molecule has 8 aromatic rings. The molecule has 0 radical (unpaired) electrons. The van der Waals surface area contributed by atoms with Gasteiger partial charge < -0.3 is 9.80 Å². The van der Waals surface area contributed by atoms with Crippen molar-refractivity contribution in [2.75, 3.05) is 15.2 Å². The Morgan fingerprint density at radius 2 is 0.946 bits per heavy atom. The molecule has 0 amide bonds. The predicted molar refractivity (Wildman–Crippen MR) is 231 cm³/mol. The molecule has 2 N–H and O–H groups in total. The highest BCUT2D eigenvalue weighted by Gasteiger charge is 2.16. The van der Waals surface area contributed by atoms with Crippen molar-refractivity contribution in [1.82, 2.24) is 15.0 Å². The molecule has 9 rings (SSSR count). The second-order valence-electron chi connectivity index (χ2n) is 13.2. The van der Waals surface area contributed by atoms with Crippen molar-refractivity contribution in [2.45, 2.75) is 0 Å². The quantitative estimate of drug-likeness (QED) is 0.108. The lowest BCUT2D eigenvalue weighted by Crippen LogP contribution is -2.12. The van der Waals surface area contributed by atoms with Crippen LogP contribution in [-0.4, -0.2) is 26.4 Å². The van der Waals surface area contributed by atoms with Crippen molar-refractivity contribution in [3.05, 3.63) is 206 Å². The van der Waals surface area contributed by atoms with Crippen molar-refractivity contribution < 1.29 is 0 Å². The standard InChI is InChI=1S/C48H36N8/c49-45-21-7-8-22-46(45)51-50-37-13-11-18-42(33-37)54(38-14-3-1-4-15-38)40-29-25-35(26-30-40)36-27-31-41(32-28-36)55(39-16-5-2-6-17-39)43-19-12-20-44(34-43)56-52-47-23-9-10-24-48(47)53-56/h1-34,49-50H/b49-45?,51-46-. The van der Waals surface area contributed by atoms with Crippen LogP contribution >= 0.6 is 0 Å². The number of hydrogen-bond donors (Lipinski definition) is 2. The molecule has 56 heavy (non-hydrogen) atoms. The summed E-state index contributed by atoms with van der Waals surface area (Å²) in [6.07, 6.45) is 7.27. The second-order valence-corrected chi connectivity index (χ2v) is 13.2. The molecule has 0 bridgehead atoms. The van der Waals surface area contributed by atoms with Gasteiger partial charge in [0.2, 0.25) is 0 Å².